The molecule has 68 valence electrons. The highest BCUT2D eigenvalue weighted by Crippen LogP contribution is 2.14. The molecule has 0 bridgehead atoms. The molecule has 2 heterocycles. The molecule has 0 saturated carbocycles. The van der Waals surface area contributed by atoms with E-state index in [4.69, 9.17) is 4.42 Å². The molecule has 0 amide bonds. The number of furan rings is 1. The Balaban J connectivity index is 2.70. The van der Waals surface area contributed by atoms with Crippen LogP contribution in [0.15, 0.2) is 45.8 Å². The number of aromatic amines is 1. The predicted octanol–water partition coefficient (Wildman–Crippen LogP) is 2.27. The summed E-state index contributed by atoms with van der Waals surface area (Å²) in [4.78, 5) is 15.0. The Labute approximate surface area is 79.0 Å². The van der Waals surface area contributed by atoms with Crippen molar-refractivity contribution in [2.75, 3.05) is 0 Å². The number of nitrogens with one attached hydrogen (secondary N) is 1. The monoisotopic (exact) mass is 185 g/mol. The molecule has 1 aromatic carbocycles. The molecule has 0 spiro atoms. The van der Waals surface area contributed by atoms with Gasteiger partial charge in [0.25, 0.3) is 0 Å². The van der Waals surface area contributed by atoms with Gasteiger partial charge in [0.1, 0.15) is 0 Å². The van der Waals surface area contributed by atoms with Gasteiger partial charge in [-0.2, -0.15) is 0 Å². The molecule has 0 atom stereocenters. The lowest BCUT2D eigenvalue weighted by Crippen LogP contribution is -2.01. The van der Waals surface area contributed by atoms with Gasteiger partial charge in [0.15, 0.2) is 5.58 Å². The summed E-state index contributed by atoms with van der Waals surface area (Å²) in [5.74, 6) is 0. The van der Waals surface area contributed by atoms with E-state index >= 15 is 0 Å². The quantitative estimate of drug-likeness (QED) is 0.584. The Kier molecular flexibility index (Phi) is 1.31. The zero-order valence-electron chi connectivity index (χ0n) is 7.28. The van der Waals surface area contributed by atoms with Crippen molar-refractivity contribution in [2.24, 2.45) is 0 Å². The standard InChI is InChI=1S/C11H7NO2/c13-10-7-3-1-2-4-8(7)12-9-5-6-14-11(9)10/h1-6H,(H,12,13). The molecule has 3 nitrogen and oxygen atoms in total. The first-order chi connectivity index (χ1) is 6.86. The Hall–Kier alpha value is -2.03. The SMILES string of the molecule is O=c1c2ccccc2[nH]c2ccoc12. The fourth-order valence-electron chi connectivity index (χ4n) is 1.64. The zero-order chi connectivity index (χ0) is 9.54. The second kappa shape index (κ2) is 2.48. The minimum absolute atomic E-state index is 0.0562. The van der Waals surface area contributed by atoms with E-state index in [1.54, 1.807) is 12.1 Å². The summed E-state index contributed by atoms with van der Waals surface area (Å²) in [6.45, 7) is 0. The summed E-state index contributed by atoms with van der Waals surface area (Å²) < 4.78 is 5.11. The van der Waals surface area contributed by atoms with Gasteiger partial charge in [-0.1, -0.05) is 12.1 Å². The molecular weight excluding hydrogens is 178 g/mol. The van der Waals surface area contributed by atoms with Crippen molar-refractivity contribution in [3.8, 4) is 0 Å². The van der Waals surface area contributed by atoms with Crippen molar-refractivity contribution in [1.29, 1.82) is 0 Å². The molecule has 0 aliphatic heterocycles. The Bertz CT molecular complexity index is 663. The van der Waals surface area contributed by atoms with Crippen LogP contribution in [0.1, 0.15) is 0 Å². The maximum Gasteiger partial charge on any atom is 0.232 e. The van der Waals surface area contributed by atoms with E-state index < -0.39 is 0 Å². The topological polar surface area (TPSA) is 46.0 Å². The first-order valence-electron chi connectivity index (χ1n) is 4.34. The highest BCUT2D eigenvalue weighted by atomic mass is 16.3. The molecule has 0 fully saturated rings. The van der Waals surface area contributed by atoms with Crippen LogP contribution >= 0.6 is 0 Å². The summed E-state index contributed by atoms with van der Waals surface area (Å²) in [6, 6.07) is 9.15. The van der Waals surface area contributed by atoms with Gasteiger partial charge in [-0.15, -0.1) is 0 Å². The first-order valence-corrected chi connectivity index (χ1v) is 4.34. The van der Waals surface area contributed by atoms with Crippen molar-refractivity contribution in [1.82, 2.24) is 4.98 Å². The van der Waals surface area contributed by atoms with E-state index in [-0.39, 0.29) is 5.43 Å². The molecule has 3 heteroatoms. The van der Waals surface area contributed by atoms with Crippen molar-refractivity contribution in [3.05, 3.63) is 46.8 Å². The van der Waals surface area contributed by atoms with E-state index in [0.717, 1.165) is 11.0 Å². The van der Waals surface area contributed by atoms with Crippen molar-refractivity contribution in [3.63, 3.8) is 0 Å². The number of rotatable bonds is 0. The van der Waals surface area contributed by atoms with Crippen LogP contribution in [0, 0.1) is 0 Å². The highest BCUT2D eigenvalue weighted by molar-refractivity contribution is 5.89. The highest BCUT2D eigenvalue weighted by Gasteiger charge is 2.05. The van der Waals surface area contributed by atoms with Gasteiger partial charge >= 0.3 is 0 Å². The summed E-state index contributed by atoms with van der Waals surface area (Å²) >= 11 is 0. The summed E-state index contributed by atoms with van der Waals surface area (Å²) in [7, 11) is 0. The average Bonchev–Trinajstić information content (AvgIpc) is 2.66. The minimum atomic E-state index is -0.0562. The van der Waals surface area contributed by atoms with Crippen LogP contribution in [0.2, 0.25) is 0 Å². The molecule has 2 aromatic heterocycles. The van der Waals surface area contributed by atoms with E-state index in [9.17, 15) is 4.79 Å². The second-order valence-corrected chi connectivity index (χ2v) is 3.16. The number of para-hydroxylation sites is 1. The van der Waals surface area contributed by atoms with Gasteiger partial charge in [-0.3, -0.25) is 4.79 Å². The molecular formula is C11H7NO2. The first kappa shape index (κ1) is 7.38. The lowest BCUT2D eigenvalue weighted by Gasteiger charge is -1.96. The average molecular weight is 185 g/mol. The molecule has 0 unspecified atom stereocenters. The fraction of sp³-hybridized carbons (Fsp3) is 0. The largest absolute Gasteiger partial charge is 0.459 e. The van der Waals surface area contributed by atoms with Crippen LogP contribution in [0.5, 0.6) is 0 Å². The fourth-order valence-corrected chi connectivity index (χ4v) is 1.64. The van der Waals surface area contributed by atoms with Gasteiger partial charge in [0.2, 0.25) is 5.43 Å². The van der Waals surface area contributed by atoms with E-state index in [1.165, 1.54) is 6.26 Å². The van der Waals surface area contributed by atoms with Gasteiger partial charge in [-0.25, -0.2) is 0 Å². The number of aromatic nitrogens is 1. The third-order valence-corrected chi connectivity index (χ3v) is 2.31. The molecule has 3 rings (SSSR count). The number of benzene rings is 1. The smallest absolute Gasteiger partial charge is 0.232 e. The number of pyridine rings is 1. The second-order valence-electron chi connectivity index (χ2n) is 3.16. The van der Waals surface area contributed by atoms with Crippen LogP contribution in [-0.4, -0.2) is 4.98 Å². The van der Waals surface area contributed by atoms with Crippen molar-refractivity contribution < 1.29 is 4.42 Å². The number of H-pyrrole nitrogens is 1. The third kappa shape index (κ3) is 0.836. The lowest BCUT2D eigenvalue weighted by atomic mass is 10.2. The normalized spacial score (nSPS) is 11.1. The van der Waals surface area contributed by atoms with Crippen LogP contribution in [-0.2, 0) is 0 Å². The van der Waals surface area contributed by atoms with Gasteiger partial charge in [-0.05, 0) is 12.1 Å². The van der Waals surface area contributed by atoms with Crippen LogP contribution in [0.3, 0.4) is 0 Å². The number of hydrogen-bond acceptors (Lipinski definition) is 2. The van der Waals surface area contributed by atoms with Gasteiger partial charge in [0, 0.05) is 17.0 Å². The maximum absolute atomic E-state index is 11.8. The van der Waals surface area contributed by atoms with Gasteiger partial charge < -0.3 is 9.40 Å². The third-order valence-electron chi connectivity index (χ3n) is 2.31. The van der Waals surface area contributed by atoms with Crippen molar-refractivity contribution >= 4 is 22.0 Å². The number of hydrogen-bond donors (Lipinski definition) is 1. The summed E-state index contributed by atoms with van der Waals surface area (Å²) in [5.41, 5.74) is 1.92. The lowest BCUT2D eigenvalue weighted by molar-refractivity contribution is 0.613. The summed E-state index contributed by atoms with van der Waals surface area (Å²) in [6.07, 6.45) is 1.52. The van der Waals surface area contributed by atoms with Crippen molar-refractivity contribution in [2.45, 2.75) is 0 Å². The van der Waals surface area contributed by atoms with E-state index in [1.807, 2.05) is 18.2 Å². The molecule has 14 heavy (non-hydrogen) atoms. The molecule has 1 N–H and O–H groups in total. The van der Waals surface area contributed by atoms with Crippen LogP contribution in [0.4, 0.5) is 0 Å². The number of fused-ring (bicyclic) bond motifs is 2. The van der Waals surface area contributed by atoms with Crippen LogP contribution < -0.4 is 5.43 Å². The molecule has 0 aliphatic rings. The summed E-state index contributed by atoms with van der Waals surface area (Å²) in [5, 5.41) is 0.662. The minimum Gasteiger partial charge on any atom is -0.459 e. The Morgan fingerprint density at radius 1 is 1.07 bits per heavy atom. The Morgan fingerprint density at radius 2 is 1.93 bits per heavy atom. The zero-order valence-corrected chi connectivity index (χ0v) is 7.28. The predicted molar refractivity (Wildman–Crippen MR) is 54.3 cm³/mol. The maximum atomic E-state index is 11.8. The Morgan fingerprint density at radius 3 is 2.86 bits per heavy atom. The molecule has 0 saturated heterocycles. The van der Waals surface area contributed by atoms with E-state index in [0.29, 0.717) is 11.0 Å². The molecule has 0 aliphatic carbocycles. The van der Waals surface area contributed by atoms with Gasteiger partial charge in [0.05, 0.1) is 11.8 Å². The molecule has 0 radical (unpaired) electrons. The van der Waals surface area contributed by atoms with Crippen LogP contribution in [0.25, 0.3) is 22.0 Å². The van der Waals surface area contributed by atoms with E-state index in [2.05, 4.69) is 4.98 Å². The molecule has 3 aromatic rings.